The predicted molar refractivity (Wildman–Crippen MR) is 52.7 cm³/mol. The lowest BCUT2D eigenvalue weighted by Gasteiger charge is -2.03. The van der Waals surface area contributed by atoms with Gasteiger partial charge < -0.3 is 9.84 Å². The Morgan fingerprint density at radius 2 is 2.38 bits per heavy atom. The monoisotopic (exact) mass is 220 g/mol. The molecule has 0 radical (unpaired) electrons. The van der Waals surface area contributed by atoms with E-state index in [1.807, 2.05) is 0 Å². The van der Waals surface area contributed by atoms with E-state index in [-0.39, 0.29) is 6.61 Å². The maximum absolute atomic E-state index is 10.3. The lowest BCUT2D eigenvalue weighted by Crippen LogP contribution is -2.09. The average molecular weight is 220 g/mol. The van der Waals surface area contributed by atoms with Crippen LogP contribution >= 0.6 is 0 Å². The third-order valence-corrected chi connectivity index (χ3v) is 1.80. The second kappa shape index (κ2) is 4.39. The van der Waals surface area contributed by atoms with Crippen LogP contribution in [0.2, 0.25) is 0 Å². The minimum Gasteiger partial charge on any atom is -0.482 e. The normalized spacial score (nSPS) is 10.0. The second-order valence-electron chi connectivity index (χ2n) is 2.95. The van der Waals surface area contributed by atoms with E-state index in [4.69, 9.17) is 9.84 Å². The number of carboxylic acids is 1. The smallest absolute Gasteiger partial charge is 0.341 e. The molecule has 0 saturated carbocycles. The van der Waals surface area contributed by atoms with Crippen molar-refractivity contribution in [1.29, 1.82) is 0 Å². The Balaban J connectivity index is 2.17. The lowest BCUT2D eigenvalue weighted by atomic mass is 10.2. The molecule has 0 fully saturated rings. The van der Waals surface area contributed by atoms with Gasteiger partial charge in [-0.3, -0.25) is 0 Å². The number of rotatable bonds is 4. The van der Waals surface area contributed by atoms with Crippen molar-refractivity contribution in [2.45, 2.75) is 0 Å². The number of tetrazole rings is 1. The molecule has 0 saturated heterocycles. The van der Waals surface area contributed by atoms with E-state index in [2.05, 4.69) is 20.6 Å². The predicted octanol–water partition coefficient (Wildman–Crippen LogP) is 0.330. The van der Waals surface area contributed by atoms with E-state index in [9.17, 15) is 4.79 Å². The largest absolute Gasteiger partial charge is 0.482 e. The molecule has 7 nitrogen and oxygen atoms in total. The molecule has 0 spiro atoms. The van der Waals surface area contributed by atoms with Gasteiger partial charge in [-0.15, -0.1) is 10.2 Å². The van der Waals surface area contributed by atoms with Crippen molar-refractivity contribution in [2.75, 3.05) is 6.61 Å². The van der Waals surface area contributed by atoms with Crippen LogP contribution in [0.3, 0.4) is 0 Å². The first kappa shape index (κ1) is 10.1. The van der Waals surface area contributed by atoms with Crippen LogP contribution in [-0.2, 0) is 4.79 Å². The Hall–Kier alpha value is -2.44. The molecule has 1 aromatic carbocycles. The standard InChI is InChI=1S/C9H8N4O3/c14-8(15)5-16-7-3-1-2-6(4-7)9-10-12-13-11-9/h1-4H,5H2,(H,14,15)(H,10,11,12,13). The first-order valence-electron chi connectivity index (χ1n) is 4.44. The van der Waals surface area contributed by atoms with Crippen molar-refractivity contribution in [2.24, 2.45) is 0 Å². The van der Waals surface area contributed by atoms with Gasteiger partial charge in [-0.25, -0.2) is 4.79 Å². The summed E-state index contributed by atoms with van der Waals surface area (Å²) in [6.45, 7) is -0.379. The molecule has 0 bridgehead atoms. The number of H-pyrrole nitrogens is 1. The molecule has 0 aliphatic carbocycles. The molecular weight excluding hydrogens is 212 g/mol. The number of nitrogens with zero attached hydrogens (tertiary/aromatic N) is 3. The molecule has 0 aliphatic heterocycles. The van der Waals surface area contributed by atoms with E-state index in [1.165, 1.54) is 0 Å². The van der Waals surface area contributed by atoms with Crippen molar-refractivity contribution in [3.05, 3.63) is 24.3 Å². The Morgan fingerprint density at radius 3 is 3.06 bits per heavy atom. The maximum atomic E-state index is 10.3. The number of aromatic nitrogens is 4. The Bertz CT molecular complexity index is 483. The number of carbonyl (C=O) groups is 1. The summed E-state index contributed by atoms with van der Waals surface area (Å²) in [6, 6.07) is 6.81. The number of carboxylic acid groups (broad SMARTS) is 1. The first-order chi connectivity index (χ1) is 7.75. The highest BCUT2D eigenvalue weighted by Crippen LogP contribution is 2.19. The lowest BCUT2D eigenvalue weighted by molar-refractivity contribution is -0.139. The molecule has 82 valence electrons. The third-order valence-electron chi connectivity index (χ3n) is 1.80. The summed E-state index contributed by atoms with van der Waals surface area (Å²) in [5.74, 6) is -0.143. The Kier molecular flexibility index (Phi) is 2.77. The van der Waals surface area contributed by atoms with E-state index >= 15 is 0 Å². The van der Waals surface area contributed by atoms with Gasteiger partial charge in [-0.1, -0.05) is 12.1 Å². The molecule has 7 heteroatoms. The highest BCUT2D eigenvalue weighted by atomic mass is 16.5. The van der Waals surface area contributed by atoms with Gasteiger partial charge in [0.1, 0.15) is 5.75 Å². The van der Waals surface area contributed by atoms with Crippen LogP contribution in [0, 0.1) is 0 Å². The second-order valence-corrected chi connectivity index (χ2v) is 2.95. The molecule has 0 unspecified atom stereocenters. The van der Waals surface area contributed by atoms with Gasteiger partial charge in [-0.2, -0.15) is 5.21 Å². The van der Waals surface area contributed by atoms with E-state index in [1.54, 1.807) is 24.3 Å². The zero-order valence-corrected chi connectivity index (χ0v) is 8.12. The fourth-order valence-electron chi connectivity index (χ4n) is 1.15. The van der Waals surface area contributed by atoms with Crippen molar-refractivity contribution in [3.63, 3.8) is 0 Å². The van der Waals surface area contributed by atoms with Crippen LogP contribution < -0.4 is 4.74 Å². The van der Waals surface area contributed by atoms with Gasteiger partial charge in [0.2, 0.25) is 5.82 Å². The summed E-state index contributed by atoms with van der Waals surface area (Å²) in [4.78, 5) is 10.3. The molecule has 1 heterocycles. The molecule has 2 N–H and O–H groups in total. The summed E-state index contributed by atoms with van der Waals surface area (Å²) in [6.07, 6.45) is 0. The van der Waals surface area contributed by atoms with Crippen molar-refractivity contribution in [1.82, 2.24) is 20.6 Å². The van der Waals surface area contributed by atoms with E-state index in [0.717, 1.165) is 0 Å². The minimum atomic E-state index is -1.02. The van der Waals surface area contributed by atoms with Gasteiger partial charge in [0.25, 0.3) is 0 Å². The fraction of sp³-hybridized carbons (Fsp3) is 0.111. The highest BCUT2D eigenvalue weighted by molar-refractivity contribution is 5.68. The van der Waals surface area contributed by atoms with Crippen molar-refractivity contribution >= 4 is 5.97 Å². The SMILES string of the molecule is O=C(O)COc1cccc(-c2nn[nH]n2)c1. The number of hydrogen-bond donors (Lipinski definition) is 2. The number of benzene rings is 1. The van der Waals surface area contributed by atoms with Gasteiger partial charge in [0, 0.05) is 5.56 Å². The number of aromatic amines is 1. The quantitative estimate of drug-likeness (QED) is 0.769. The van der Waals surface area contributed by atoms with Gasteiger partial charge in [0.15, 0.2) is 6.61 Å². The first-order valence-corrected chi connectivity index (χ1v) is 4.44. The average Bonchev–Trinajstić information content (AvgIpc) is 2.80. The van der Waals surface area contributed by atoms with Crippen LogP contribution in [0.4, 0.5) is 0 Å². The number of hydrogen-bond acceptors (Lipinski definition) is 5. The number of ether oxygens (including phenoxy) is 1. The summed E-state index contributed by atoms with van der Waals surface area (Å²) in [7, 11) is 0. The molecule has 0 aliphatic rings. The Morgan fingerprint density at radius 1 is 1.50 bits per heavy atom. The number of nitrogens with one attached hydrogen (secondary N) is 1. The molecule has 2 aromatic rings. The molecule has 2 rings (SSSR count). The van der Waals surface area contributed by atoms with Gasteiger partial charge >= 0.3 is 5.97 Å². The maximum Gasteiger partial charge on any atom is 0.341 e. The van der Waals surface area contributed by atoms with Gasteiger partial charge in [0.05, 0.1) is 0 Å². The van der Waals surface area contributed by atoms with Crippen molar-refractivity contribution < 1.29 is 14.6 Å². The minimum absolute atomic E-state index is 0.379. The zero-order chi connectivity index (χ0) is 11.4. The van der Waals surface area contributed by atoms with Gasteiger partial charge in [-0.05, 0) is 17.3 Å². The van der Waals surface area contributed by atoms with Crippen LogP contribution in [0.25, 0.3) is 11.4 Å². The summed E-state index contributed by atoms with van der Waals surface area (Å²) >= 11 is 0. The van der Waals surface area contributed by atoms with E-state index < -0.39 is 5.97 Å². The summed E-state index contributed by atoms with van der Waals surface area (Å²) in [5, 5.41) is 21.8. The Labute approximate surface area is 90.1 Å². The molecular formula is C9H8N4O3. The molecule has 0 amide bonds. The van der Waals surface area contributed by atoms with Crippen LogP contribution in [-0.4, -0.2) is 38.3 Å². The zero-order valence-electron chi connectivity index (χ0n) is 8.12. The van der Waals surface area contributed by atoms with Crippen LogP contribution in [0.5, 0.6) is 5.75 Å². The molecule has 1 aromatic heterocycles. The molecule has 16 heavy (non-hydrogen) atoms. The fourth-order valence-corrected chi connectivity index (χ4v) is 1.15. The topological polar surface area (TPSA) is 101 Å². The highest BCUT2D eigenvalue weighted by Gasteiger charge is 2.05. The van der Waals surface area contributed by atoms with Crippen LogP contribution in [0.1, 0.15) is 0 Å². The summed E-state index contributed by atoms with van der Waals surface area (Å²) in [5.41, 5.74) is 0.705. The van der Waals surface area contributed by atoms with Crippen LogP contribution in [0.15, 0.2) is 24.3 Å². The third kappa shape index (κ3) is 2.32. The number of aliphatic carboxylic acids is 1. The summed E-state index contributed by atoms with van der Waals surface area (Å²) < 4.78 is 5.02. The van der Waals surface area contributed by atoms with E-state index in [0.29, 0.717) is 17.1 Å². The molecule has 0 atom stereocenters. The van der Waals surface area contributed by atoms with Crippen molar-refractivity contribution in [3.8, 4) is 17.1 Å².